The highest BCUT2D eigenvalue weighted by atomic mass is 17.3. The van der Waals surface area contributed by atoms with Crippen molar-refractivity contribution in [3.8, 4) is 0 Å². The second kappa shape index (κ2) is 13.9. The second-order valence-electron chi connectivity index (χ2n) is 8.70. The number of hydrogen-bond acceptors (Lipinski definition) is 4. The van der Waals surface area contributed by atoms with Crippen LogP contribution in [0.25, 0.3) is 0 Å². The molecule has 0 unspecified atom stereocenters. The van der Waals surface area contributed by atoms with Gasteiger partial charge >= 0.3 is 0 Å². The molecule has 4 aromatic rings. The lowest BCUT2D eigenvalue weighted by molar-refractivity contribution is -0.298. The Balaban J connectivity index is 1.42. The van der Waals surface area contributed by atoms with E-state index in [0.29, 0.717) is 26.2 Å². The summed E-state index contributed by atoms with van der Waals surface area (Å²) >= 11 is 0. The van der Waals surface area contributed by atoms with Gasteiger partial charge in [-0.25, -0.2) is 0 Å². The van der Waals surface area contributed by atoms with Gasteiger partial charge in [0.05, 0.1) is 0 Å². The highest BCUT2D eigenvalue weighted by molar-refractivity contribution is 5.78. The standard InChI is InChI=1S/C30H32N6O2/c31-29(35(21-25-13-5-1-6-14-25)22-26-15-7-2-8-16-26)33-37-38-34-30(32)36(23-27-17-9-3-10-18-27)24-28-19-11-4-12-20-28/h1-20H,21-24H2,(H2,31,33)(H2,32,34). The summed E-state index contributed by atoms with van der Waals surface area (Å²) in [5, 5.41) is 7.87. The first kappa shape index (κ1) is 26.1. The van der Waals surface area contributed by atoms with Gasteiger partial charge in [0.25, 0.3) is 0 Å². The molecule has 0 aliphatic carbocycles. The average molecular weight is 509 g/mol. The van der Waals surface area contributed by atoms with E-state index >= 15 is 0 Å². The van der Waals surface area contributed by atoms with E-state index in [4.69, 9.17) is 21.4 Å². The Morgan fingerprint density at radius 3 is 0.921 bits per heavy atom. The minimum Gasteiger partial charge on any atom is -0.367 e. The molecular formula is C30H32N6O2. The smallest absolute Gasteiger partial charge is 0.239 e. The number of rotatable bonds is 11. The largest absolute Gasteiger partial charge is 0.367 e. The van der Waals surface area contributed by atoms with Crippen LogP contribution in [-0.4, -0.2) is 21.7 Å². The van der Waals surface area contributed by atoms with E-state index in [1.165, 1.54) is 0 Å². The Morgan fingerprint density at radius 2 is 0.684 bits per heavy atom. The maximum atomic E-state index is 6.28. The molecule has 0 amide bonds. The van der Waals surface area contributed by atoms with Gasteiger partial charge in [-0.1, -0.05) is 121 Å². The lowest BCUT2D eigenvalue weighted by atomic mass is 10.2. The van der Waals surface area contributed by atoms with Crippen LogP contribution in [0.1, 0.15) is 22.3 Å². The van der Waals surface area contributed by atoms with Crippen LogP contribution in [0.3, 0.4) is 0 Å². The van der Waals surface area contributed by atoms with Crippen LogP contribution < -0.4 is 11.5 Å². The number of guanidine groups is 2. The van der Waals surface area contributed by atoms with Crippen molar-refractivity contribution in [2.45, 2.75) is 26.2 Å². The maximum absolute atomic E-state index is 6.28. The van der Waals surface area contributed by atoms with Gasteiger partial charge < -0.3 is 21.3 Å². The third-order valence-corrected chi connectivity index (χ3v) is 5.81. The molecule has 0 spiro atoms. The monoisotopic (exact) mass is 508 g/mol. The molecule has 0 bridgehead atoms. The fraction of sp³-hybridized carbons (Fsp3) is 0.133. The topological polar surface area (TPSA) is 102 Å². The molecule has 0 aromatic heterocycles. The highest BCUT2D eigenvalue weighted by Gasteiger charge is 2.13. The SMILES string of the molecule is NC(=NOON=C(N)N(Cc1ccccc1)Cc1ccccc1)N(Cc1ccccc1)Cc1ccccc1. The van der Waals surface area contributed by atoms with E-state index in [2.05, 4.69) is 10.3 Å². The van der Waals surface area contributed by atoms with Crippen LogP contribution in [0.2, 0.25) is 0 Å². The van der Waals surface area contributed by atoms with E-state index in [-0.39, 0.29) is 11.9 Å². The molecule has 194 valence electrons. The predicted molar refractivity (Wildman–Crippen MR) is 150 cm³/mol. The molecule has 0 aliphatic rings. The maximum Gasteiger partial charge on any atom is 0.239 e. The average Bonchev–Trinajstić information content (AvgIpc) is 2.96. The lowest BCUT2D eigenvalue weighted by Gasteiger charge is -2.23. The van der Waals surface area contributed by atoms with Crippen molar-refractivity contribution in [1.29, 1.82) is 0 Å². The van der Waals surface area contributed by atoms with E-state index < -0.39 is 0 Å². The second-order valence-corrected chi connectivity index (χ2v) is 8.70. The van der Waals surface area contributed by atoms with Crippen molar-refractivity contribution in [2.75, 3.05) is 0 Å². The van der Waals surface area contributed by atoms with Crippen molar-refractivity contribution < 1.29 is 9.98 Å². The third kappa shape index (κ3) is 8.30. The molecule has 4 rings (SSSR count). The molecule has 0 saturated carbocycles. The molecule has 0 heterocycles. The van der Waals surface area contributed by atoms with E-state index in [9.17, 15) is 0 Å². The molecule has 0 saturated heterocycles. The Labute approximate surface area is 223 Å². The minimum atomic E-state index is 0.150. The zero-order chi connectivity index (χ0) is 26.4. The molecule has 0 fully saturated rings. The summed E-state index contributed by atoms with van der Waals surface area (Å²) in [5.74, 6) is 0.300. The van der Waals surface area contributed by atoms with Crippen LogP contribution in [0.5, 0.6) is 0 Å². The molecule has 0 aliphatic heterocycles. The number of hydrogen-bond donors (Lipinski definition) is 2. The van der Waals surface area contributed by atoms with E-state index in [1.807, 2.05) is 131 Å². The highest BCUT2D eigenvalue weighted by Crippen LogP contribution is 2.12. The zero-order valence-corrected chi connectivity index (χ0v) is 21.1. The van der Waals surface area contributed by atoms with Gasteiger partial charge in [0.1, 0.15) is 0 Å². The van der Waals surface area contributed by atoms with Crippen molar-refractivity contribution in [1.82, 2.24) is 9.80 Å². The van der Waals surface area contributed by atoms with Crippen LogP contribution in [0.15, 0.2) is 132 Å². The Morgan fingerprint density at radius 1 is 0.447 bits per heavy atom. The Hall–Kier alpha value is -4.98. The summed E-state index contributed by atoms with van der Waals surface area (Å²) in [7, 11) is 0. The number of oxime groups is 2. The first-order chi connectivity index (χ1) is 18.7. The molecule has 4 N–H and O–H groups in total. The van der Waals surface area contributed by atoms with Gasteiger partial charge in [0, 0.05) is 36.5 Å². The Kier molecular flexibility index (Phi) is 9.57. The van der Waals surface area contributed by atoms with E-state index in [0.717, 1.165) is 22.3 Å². The molecule has 4 aromatic carbocycles. The van der Waals surface area contributed by atoms with Gasteiger partial charge in [-0.15, -0.1) is 9.98 Å². The van der Waals surface area contributed by atoms with Gasteiger partial charge in [-0.05, 0) is 22.3 Å². The molecular weight excluding hydrogens is 476 g/mol. The first-order valence-corrected chi connectivity index (χ1v) is 12.3. The number of nitrogens with two attached hydrogens (primary N) is 2. The van der Waals surface area contributed by atoms with Gasteiger partial charge in [-0.3, -0.25) is 0 Å². The number of benzene rings is 4. The summed E-state index contributed by atoms with van der Waals surface area (Å²) in [6.07, 6.45) is 0. The van der Waals surface area contributed by atoms with Crippen LogP contribution in [0.4, 0.5) is 0 Å². The van der Waals surface area contributed by atoms with Crippen molar-refractivity contribution in [3.63, 3.8) is 0 Å². The zero-order valence-electron chi connectivity index (χ0n) is 21.1. The molecule has 0 atom stereocenters. The fourth-order valence-electron chi connectivity index (χ4n) is 3.88. The van der Waals surface area contributed by atoms with Crippen molar-refractivity contribution in [2.24, 2.45) is 21.8 Å². The van der Waals surface area contributed by atoms with Crippen LogP contribution in [0, 0.1) is 0 Å². The van der Waals surface area contributed by atoms with Gasteiger partial charge in [-0.2, -0.15) is 0 Å². The van der Waals surface area contributed by atoms with Crippen molar-refractivity contribution in [3.05, 3.63) is 144 Å². The summed E-state index contributed by atoms with van der Waals surface area (Å²) < 4.78 is 0. The molecule has 8 nitrogen and oxygen atoms in total. The third-order valence-electron chi connectivity index (χ3n) is 5.81. The minimum absolute atomic E-state index is 0.150. The van der Waals surface area contributed by atoms with E-state index in [1.54, 1.807) is 0 Å². The Bertz CT molecular complexity index is 1100. The summed E-state index contributed by atoms with van der Waals surface area (Å²) in [5.41, 5.74) is 16.9. The van der Waals surface area contributed by atoms with Gasteiger partial charge in [0.2, 0.25) is 11.9 Å². The first-order valence-electron chi connectivity index (χ1n) is 12.3. The van der Waals surface area contributed by atoms with Crippen molar-refractivity contribution >= 4 is 11.9 Å². The lowest BCUT2D eigenvalue weighted by Crippen LogP contribution is -2.37. The predicted octanol–water partition coefficient (Wildman–Crippen LogP) is 4.80. The molecule has 0 radical (unpaired) electrons. The summed E-state index contributed by atoms with van der Waals surface area (Å²) in [6.45, 7) is 2.17. The number of nitrogens with zero attached hydrogens (tertiary/aromatic N) is 4. The quantitative estimate of drug-likeness (QED) is 0.0992. The van der Waals surface area contributed by atoms with Crippen LogP contribution >= 0.6 is 0 Å². The summed E-state index contributed by atoms with van der Waals surface area (Å²) in [4.78, 5) is 13.8. The normalized spacial score (nSPS) is 11.6. The molecule has 38 heavy (non-hydrogen) atoms. The summed E-state index contributed by atoms with van der Waals surface area (Å²) in [6, 6.07) is 40.0. The molecule has 8 heteroatoms. The van der Waals surface area contributed by atoms with Gasteiger partial charge in [0.15, 0.2) is 0 Å². The van der Waals surface area contributed by atoms with Crippen LogP contribution in [-0.2, 0) is 36.2 Å². The fourth-order valence-corrected chi connectivity index (χ4v) is 3.88.